The van der Waals surface area contributed by atoms with Crippen molar-refractivity contribution in [3.05, 3.63) is 41.5 Å². The number of benzene rings is 1. The molecule has 0 amide bonds. The van der Waals surface area contributed by atoms with Crippen LogP contribution >= 0.6 is 0 Å². The van der Waals surface area contributed by atoms with Crippen molar-refractivity contribution in [2.75, 3.05) is 0 Å². The molecule has 5 nitrogen and oxygen atoms in total. The lowest BCUT2D eigenvalue weighted by Crippen LogP contribution is -2.13. The minimum atomic E-state index is -4.03. The molecule has 2 aromatic rings. The van der Waals surface area contributed by atoms with Crippen LogP contribution in [0.25, 0.3) is 5.69 Å². The highest BCUT2D eigenvalue weighted by molar-refractivity contribution is 7.89. The van der Waals surface area contributed by atoms with Crippen molar-refractivity contribution in [2.45, 2.75) is 11.8 Å². The summed E-state index contributed by atoms with van der Waals surface area (Å²) in [5.74, 6) is -3.70. The van der Waals surface area contributed by atoms with E-state index >= 15 is 0 Å². The standard InChI is InChI=1S/C10H8F3N3O2S/c1-5-10(19(14,17)18)4-15-16(5)9-3-7(12)6(11)2-8(9)13/h2-4H,1H3,(H2,14,17,18). The number of halogens is 3. The second-order valence-corrected chi connectivity index (χ2v) is 5.30. The number of hydrogen-bond acceptors (Lipinski definition) is 3. The summed E-state index contributed by atoms with van der Waals surface area (Å²) in [5, 5.41) is 8.54. The lowest BCUT2D eigenvalue weighted by atomic mass is 10.3. The van der Waals surface area contributed by atoms with Crippen molar-refractivity contribution in [3.63, 3.8) is 0 Å². The highest BCUT2D eigenvalue weighted by atomic mass is 32.2. The molecular formula is C10H8F3N3O2S. The molecule has 2 N–H and O–H groups in total. The van der Waals surface area contributed by atoms with Crippen LogP contribution in [0.3, 0.4) is 0 Å². The highest BCUT2D eigenvalue weighted by Crippen LogP contribution is 2.21. The van der Waals surface area contributed by atoms with E-state index in [0.717, 1.165) is 10.9 Å². The Balaban J connectivity index is 2.68. The Hall–Kier alpha value is -1.87. The molecular weight excluding hydrogens is 283 g/mol. The van der Waals surface area contributed by atoms with Crippen molar-refractivity contribution in [2.24, 2.45) is 5.14 Å². The summed E-state index contributed by atoms with van der Waals surface area (Å²) in [4.78, 5) is -0.323. The number of primary sulfonamides is 1. The quantitative estimate of drug-likeness (QED) is 0.846. The van der Waals surface area contributed by atoms with Crippen LogP contribution in [-0.4, -0.2) is 18.2 Å². The minimum absolute atomic E-state index is 0.00703. The van der Waals surface area contributed by atoms with Crippen molar-refractivity contribution >= 4 is 10.0 Å². The zero-order chi connectivity index (χ0) is 14.4. The number of hydrogen-bond donors (Lipinski definition) is 1. The van der Waals surface area contributed by atoms with Crippen LogP contribution in [0.4, 0.5) is 13.2 Å². The summed E-state index contributed by atoms with van der Waals surface area (Å²) in [6.45, 7) is 1.31. The summed E-state index contributed by atoms with van der Waals surface area (Å²) in [6, 6.07) is 0.931. The number of nitrogens with zero attached hydrogens (tertiary/aromatic N) is 2. The van der Waals surface area contributed by atoms with Crippen LogP contribution in [0.1, 0.15) is 5.69 Å². The largest absolute Gasteiger partial charge is 0.241 e. The second-order valence-electron chi connectivity index (χ2n) is 3.77. The number of sulfonamides is 1. The molecule has 1 aromatic carbocycles. The van der Waals surface area contributed by atoms with E-state index in [1.807, 2.05) is 0 Å². The van der Waals surface area contributed by atoms with E-state index in [2.05, 4.69) is 5.10 Å². The Morgan fingerprint density at radius 1 is 1.16 bits per heavy atom. The number of aromatic nitrogens is 2. The first-order chi connectivity index (χ1) is 8.71. The SMILES string of the molecule is Cc1c(S(N)(=O)=O)cnn1-c1cc(F)c(F)cc1F. The molecule has 9 heteroatoms. The zero-order valence-electron chi connectivity index (χ0n) is 9.56. The molecule has 0 aliphatic heterocycles. The molecule has 0 fully saturated rings. The van der Waals surface area contributed by atoms with Crippen LogP contribution < -0.4 is 5.14 Å². The highest BCUT2D eigenvalue weighted by Gasteiger charge is 2.20. The molecule has 102 valence electrons. The molecule has 0 aliphatic carbocycles. The molecule has 0 unspecified atom stereocenters. The average molecular weight is 291 g/mol. The van der Waals surface area contributed by atoms with Gasteiger partial charge in [-0.3, -0.25) is 0 Å². The van der Waals surface area contributed by atoms with Crippen LogP contribution in [0, 0.1) is 24.4 Å². The number of rotatable bonds is 2. The van der Waals surface area contributed by atoms with E-state index in [4.69, 9.17) is 5.14 Å². The third-order valence-electron chi connectivity index (χ3n) is 2.49. The normalized spacial score (nSPS) is 11.8. The third-order valence-corrected chi connectivity index (χ3v) is 3.50. The maximum Gasteiger partial charge on any atom is 0.241 e. The third kappa shape index (κ3) is 2.34. The summed E-state index contributed by atoms with van der Waals surface area (Å²) in [6.07, 6.45) is 0.908. The molecule has 0 saturated carbocycles. The Morgan fingerprint density at radius 2 is 1.74 bits per heavy atom. The molecule has 0 bridgehead atoms. The summed E-state index contributed by atoms with van der Waals surface area (Å²) >= 11 is 0. The first-order valence-electron chi connectivity index (χ1n) is 4.94. The van der Waals surface area contributed by atoms with E-state index in [1.54, 1.807) is 0 Å². The second kappa shape index (κ2) is 4.35. The van der Waals surface area contributed by atoms with E-state index < -0.39 is 33.2 Å². The maximum absolute atomic E-state index is 13.6. The van der Waals surface area contributed by atoms with Gasteiger partial charge in [-0.05, 0) is 6.92 Å². The zero-order valence-corrected chi connectivity index (χ0v) is 10.4. The topological polar surface area (TPSA) is 78.0 Å². The lowest BCUT2D eigenvalue weighted by molar-refractivity contribution is 0.491. The van der Waals surface area contributed by atoms with E-state index in [9.17, 15) is 21.6 Å². The van der Waals surface area contributed by atoms with E-state index in [-0.39, 0.29) is 10.6 Å². The van der Waals surface area contributed by atoms with E-state index in [1.165, 1.54) is 6.92 Å². The molecule has 0 radical (unpaired) electrons. The lowest BCUT2D eigenvalue weighted by Gasteiger charge is -2.07. The van der Waals surface area contributed by atoms with Gasteiger partial charge in [0.15, 0.2) is 17.5 Å². The Kier molecular flexibility index (Phi) is 3.11. The van der Waals surface area contributed by atoms with Gasteiger partial charge in [-0.25, -0.2) is 31.4 Å². The summed E-state index contributed by atoms with van der Waals surface area (Å²) < 4.78 is 62.7. The molecule has 0 saturated heterocycles. The fourth-order valence-electron chi connectivity index (χ4n) is 1.59. The first-order valence-corrected chi connectivity index (χ1v) is 6.49. The Bertz CT molecular complexity index is 756. The van der Waals surface area contributed by atoms with Gasteiger partial charge in [-0.1, -0.05) is 0 Å². The molecule has 0 spiro atoms. The van der Waals surface area contributed by atoms with Crippen LogP contribution in [0.5, 0.6) is 0 Å². The smallest absolute Gasteiger partial charge is 0.234 e. The van der Waals surface area contributed by atoms with Crippen molar-refractivity contribution < 1.29 is 21.6 Å². The van der Waals surface area contributed by atoms with Gasteiger partial charge in [0.25, 0.3) is 0 Å². The van der Waals surface area contributed by atoms with Crippen LogP contribution in [0.15, 0.2) is 23.2 Å². The predicted octanol–water partition coefficient (Wildman–Crippen LogP) is 1.25. The first kappa shape index (κ1) is 13.6. The predicted molar refractivity (Wildman–Crippen MR) is 59.5 cm³/mol. The molecule has 19 heavy (non-hydrogen) atoms. The maximum atomic E-state index is 13.6. The van der Waals surface area contributed by atoms with Gasteiger partial charge in [0, 0.05) is 12.1 Å². The minimum Gasteiger partial charge on any atom is -0.234 e. The van der Waals surface area contributed by atoms with Crippen LogP contribution in [-0.2, 0) is 10.0 Å². The van der Waals surface area contributed by atoms with Gasteiger partial charge in [-0.2, -0.15) is 5.10 Å². The van der Waals surface area contributed by atoms with Crippen molar-refractivity contribution in [3.8, 4) is 5.69 Å². The van der Waals surface area contributed by atoms with Crippen molar-refractivity contribution in [1.82, 2.24) is 9.78 Å². The van der Waals surface area contributed by atoms with E-state index in [0.29, 0.717) is 12.1 Å². The van der Waals surface area contributed by atoms with Crippen LogP contribution in [0.2, 0.25) is 0 Å². The van der Waals surface area contributed by atoms with Gasteiger partial charge in [0.2, 0.25) is 10.0 Å². The van der Waals surface area contributed by atoms with Gasteiger partial charge < -0.3 is 0 Å². The Morgan fingerprint density at radius 3 is 2.26 bits per heavy atom. The Labute approximate surface area is 106 Å². The number of nitrogens with two attached hydrogens (primary N) is 1. The molecule has 1 heterocycles. The molecule has 0 aliphatic rings. The molecule has 2 rings (SSSR count). The van der Waals surface area contributed by atoms with Gasteiger partial charge >= 0.3 is 0 Å². The summed E-state index contributed by atoms with van der Waals surface area (Å²) in [7, 11) is -4.03. The average Bonchev–Trinajstić information content (AvgIpc) is 2.65. The van der Waals surface area contributed by atoms with Gasteiger partial charge in [0.1, 0.15) is 10.6 Å². The fourth-order valence-corrected chi connectivity index (χ4v) is 2.28. The summed E-state index contributed by atoms with van der Waals surface area (Å²) in [5.41, 5.74) is -0.418. The van der Waals surface area contributed by atoms with Gasteiger partial charge in [0.05, 0.1) is 11.9 Å². The van der Waals surface area contributed by atoms with Crippen molar-refractivity contribution in [1.29, 1.82) is 0 Å². The molecule has 1 aromatic heterocycles. The van der Waals surface area contributed by atoms with Gasteiger partial charge in [-0.15, -0.1) is 0 Å². The fraction of sp³-hybridized carbons (Fsp3) is 0.100. The molecule has 0 atom stereocenters. The monoisotopic (exact) mass is 291 g/mol.